The summed E-state index contributed by atoms with van der Waals surface area (Å²) in [6.45, 7) is 13.0. The highest BCUT2D eigenvalue weighted by atomic mass is 16.2. The SMILES string of the molecule is Cc1cccc(N2CCN(C(=O)CN3CCC(C)CC3)CC2)c1C. The van der Waals surface area contributed by atoms with Crippen molar-refractivity contribution in [1.82, 2.24) is 9.80 Å². The smallest absolute Gasteiger partial charge is 0.236 e. The van der Waals surface area contributed by atoms with Crippen LogP contribution in [0.3, 0.4) is 0 Å². The van der Waals surface area contributed by atoms with Crippen LogP contribution in [-0.2, 0) is 4.79 Å². The molecule has 0 spiro atoms. The minimum absolute atomic E-state index is 0.310. The fraction of sp³-hybridized carbons (Fsp3) is 0.650. The van der Waals surface area contributed by atoms with Gasteiger partial charge in [0.1, 0.15) is 0 Å². The quantitative estimate of drug-likeness (QED) is 0.853. The molecule has 0 aliphatic carbocycles. The Hall–Kier alpha value is -1.55. The molecule has 4 nitrogen and oxygen atoms in total. The lowest BCUT2D eigenvalue weighted by Gasteiger charge is -2.38. The number of carbonyl (C=O) groups is 1. The molecule has 4 heteroatoms. The van der Waals surface area contributed by atoms with E-state index in [-0.39, 0.29) is 0 Å². The Morgan fingerprint density at radius 2 is 1.71 bits per heavy atom. The first kappa shape index (κ1) is 17.3. The van der Waals surface area contributed by atoms with Crippen molar-refractivity contribution in [2.24, 2.45) is 5.92 Å². The van der Waals surface area contributed by atoms with Crippen LogP contribution in [0, 0.1) is 19.8 Å². The van der Waals surface area contributed by atoms with Gasteiger partial charge < -0.3 is 9.80 Å². The molecule has 1 aromatic carbocycles. The molecule has 2 aliphatic rings. The van der Waals surface area contributed by atoms with Crippen LogP contribution in [-0.4, -0.2) is 61.5 Å². The minimum atomic E-state index is 0.310. The predicted molar refractivity (Wildman–Crippen MR) is 99.5 cm³/mol. The van der Waals surface area contributed by atoms with E-state index in [0.29, 0.717) is 12.5 Å². The van der Waals surface area contributed by atoms with Crippen molar-refractivity contribution in [1.29, 1.82) is 0 Å². The molecular formula is C20H31N3O. The van der Waals surface area contributed by atoms with Crippen molar-refractivity contribution in [2.45, 2.75) is 33.6 Å². The average molecular weight is 329 g/mol. The zero-order valence-electron chi connectivity index (χ0n) is 15.4. The number of benzene rings is 1. The molecule has 0 bridgehead atoms. The molecule has 0 atom stereocenters. The summed E-state index contributed by atoms with van der Waals surface area (Å²) >= 11 is 0. The molecule has 1 amide bonds. The van der Waals surface area contributed by atoms with Crippen LogP contribution >= 0.6 is 0 Å². The molecule has 2 aliphatic heterocycles. The summed E-state index contributed by atoms with van der Waals surface area (Å²) in [5.74, 6) is 1.13. The van der Waals surface area contributed by atoms with E-state index in [2.05, 4.69) is 53.7 Å². The van der Waals surface area contributed by atoms with Gasteiger partial charge >= 0.3 is 0 Å². The van der Waals surface area contributed by atoms with E-state index < -0.39 is 0 Å². The average Bonchev–Trinajstić information content (AvgIpc) is 2.59. The van der Waals surface area contributed by atoms with E-state index in [1.165, 1.54) is 29.7 Å². The summed E-state index contributed by atoms with van der Waals surface area (Å²) in [6.07, 6.45) is 2.46. The highest BCUT2D eigenvalue weighted by Crippen LogP contribution is 2.24. The van der Waals surface area contributed by atoms with Crippen molar-refractivity contribution in [3.63, 3.8) is 0 Å². The molecule has 0 N–H and O–H groups in total. The lowest BCUT2D eigenvalue weighted by molar-refractivity contribution is -0.133. The second-order valence-electron chi connectivity index (χ2n) is 7.55. The second kappa shape index (κ2) is 7.56. The number of amides is 1. The van der Waals surface area contributed by atoms with Crippen LogP contribution in [0.2, 0.25) is 0 Å². The van der Waals surface area contributed by atoms with E-state index in [1.807, 2.05) is 0 Å². The number of hydrogen-bond donors (Lipinski definition) is 0. The number of piperazine rings is 1. The Kier molecular flexibility index (Phi) is 5.44. The summed E-state index contributed by atoms with van der Waals surface area (Å²) in [5, 5.41) is 0. The van der Waals surface area contributed by atoms with Gasteiger partial charge in [-0.05, 0) is 62.9 Å². The number of likely N-dealkylation sites (tertiary alicyclic amines) is 1. The Bertz CT molecular complexity index is 570. The van der Waals surface area contributed by atoms with E-state index in [4.69, 9.17) is 0 Å². The van der Waals surface area contributed by atoms with Gasteiger partial charge in [0.05, 0.1) is 6.54 Å². The molecule has 132 valence electrons. The molecular weight excluding hydrogens is 298 g/mol. The van der Waals surface area contributed by atoms with Gasteiger partial charge in [0, 0.05) is 31.9 Å². The number of rotatable bonds is 3. The summed E-state index contributed by atoms with van der Waals surface area (Å²) < 4.78 is 0. The Morgan fingerprint density at radius 1 is 1.04 bits per heavy atom. The third-order valence-electron chi connectivity index (χ3n) is 5.78. The van der Waals surface area contributed by atoms with Crippen LogP contribution in [0.1, 0.15) is 30.9 Å². The molecule has 0 aromatic heterocycles. The third kappa shape index (κ3) is 3.92. The number of aryl methyl sites for hydroxylation is 1. The van der Waals surface area contributed by atoms with Gasteiger partial charge in [0.25, 0.3) is 0 Å². The first-order chi connectivity index (χ1) is 11.5. The fourth-order valence-electron chi connectivity index (χ4n) is 3.79. The zero-order valence-corrected chi connectivity index (χ0v) is 15.4. The topological polar surface area (TPSA) is 26.8 Å². The Balaban J connectivity index is 1.51. The first-order valence-corrected chi connectivity index (χ1v) is 9.36. The van der Waals surface area contributed by atoms with Crippen LogP contribution < -0.4 is 4.90 Å². The molecule has 0 saturated carbocycles. The van der Waals surface area contributed by atoms with E-state index in [0.717, 1.165) is 45.2 Å². The summed E-state index contributed by atoms with van der Waals surface area (Å²) in [7, 11) is 0. The van der Waals surface area contributed by atoms with E-state index in [9.17, 15) is 4.79 Å². The molecule has 1 aromatic rings. The van der Waals surface area contributed by atoms with Crippen LogP contribution in [0.25, 0.3) is 0 Å². The summed E-state index contributed by atoms with van der Waals surface area (Å²) in [5.41, 5.74) is 4.03. The zero-order chi connectivity index (χ0) is 17.1. The summed E-state index contributed by atoms with van der Waals surface area (Å²) in [6, 6.07) is 6.50. The lowest BCUT2D eigenvalue weighted by Crippen LogP contribution is -2.52. The van der Waals surface area contributed by atoms with Crippen molar-refractivity contribution >= 4 is 11.6 Å². The number of anilines is 1. The normalized spacial score (nSPS) is 20.5. The first-order valence-electron chi connectivity index (χ1n) is 9.36. The van der Waals surface area contributed by atoms with E-state index in [1.54, 1.807) is 0 Å². The largest absolute Gasteiger partial charge is 0.368 e. The molecule has 2 saturated heterocycles. The monoisotopic (exact) mass is 329 g/mol. The summed E-state index contributed by atoms with van der Waals surface area (Å²) in [4.78, 5) is 19.4. The number of carbonyl (C=O) groups excluding carboxylic acids is 1. The van der Waals surface area contributed by atoms with Gasteiger partial charge in [0.15, 0.2) is 0 Å². The van der Waals surface area contributed by atoms with Crippen molar-refractivity contribution in [3.05, 3.63) is 29.3 Å². The van der Waals surface area contributed by atoms with Gasteiger partial charge in [-0.3, -0.25) is 9.69 Å². The van der Waals surface area contributed by atoms with Gasteiger partial charge in [-0.2, -0.15) is 0 Å². The fourth-order valence-corrected chi connectivity index (χ4v) is 3.79. The Labute approximate surface area is 146 Å². The van der Waals surface area contributed by atoms with Gasteiger partial charge in [-0.25, -0.2) is 0 Å². The molecule has 0 radical (unpaired) electrons. The number of hydrogen-bond acceptors (Lipinski definition) is 3. The molecule has 0 unspecified atom stereocenters. The second-order valence-corrected chi connectivity index (χ2v) is 7.55. The lowest BCUT2D eigenvalue weighted by atomic mass is 9.99. The van der Waals surface area contributed by atoms with Crippen LogP contribution in [0.15, 0.2) is 18.2 Å². The number of piperidine rings is 1. The Morgan fingerprint density at radius 3 is 2.38 bits per heavy atom. The highest BCUT2D eigenvalue weighted by molar-refractivity contribution is 5.78. The van der Waals surface area contributed by atoms with Gasteiger partial charge in [-0.15, -0.1) is 0 Å². The van der Waals surface area contributed by atoms with Crippen molar-refractivity contribution < 1.29 is 4.79 Å². The maximum atomic E-state index is 12.6. The standard InChI is InChI=1S/C20H31N3O/c1-16-7-9-21(10-8-16)15-20(24)23-13-11-22(12-14-23)19-6-4-5-17(2)18(19)3/h4-6,16H,7-15H2,1-3H3. The van der Waals surface area contributed by atoms with Crippen molar-refractivity contribution in [3.8, 4) is 0 Å². The van der Waals surface area contributed by atoms with Gasteiger partial charge in [-0.1, -0.05) is 19.1 Å². The van der Waals surface area contributed by atoms with Crippen LogP contribution in [0.4, 0.5) is 5.69 Å². The highest BCUT2D eigenvalue weighted by Gasteiger charge is 2.25. The van der Waals surface area contributed by atoms with E-state index >= 15 is 0 Å². The van der Waals surface area contributed by atoms with Crippen molar-refractivity contribution in [2.75, 3.05) is 50.7 Å². The minimum Gasteiger partial charge on any atom is -0.368 e. The van der Waals surface area contributed by atoms with Gasteiger partial charge in [0.2, 0.25) is 5.91 Å². The molecule has 24 heavy (non-hydrogen) atoms. The molecule has 3 rings (SSSR count). The third-order valence-corrected chi connectivity index (χ3v) is 5.78. The number of nitrogens with zero attached hydrogens (tertiary/aromatic N) is 3. The van der Waals surface area contributed by atoms with Crippen LogP contribution in [0.5, 0.6) is 0 Å². The maximum absolute atomic E-state index is 12.6. The predicted octanol–water partition coefficient (Wildman–Crippen LogP) is 2.68. The molecule has 2 fully saturated rings. The maximum Gasteiger partial charge on any atom is 0.236 e. The molecule has 2 heterocycles.